The molecule has 0 bridgehead atoms. The van der Waals surface area contributed by atoms with E-state index in [1.165, 1.54) is 12.2 Å². The van der Waals surface area contributed by atoms with Crippen LogP contribution in [0, 0.1) is 0 Å². The number of hydrogen-bond acceptors (Lipinski definition) is 4. The van der Waals surface area contributed by atoms with Crippen molar-refractivity contribution < 1.29 is 9.59 Å². The van der Waals surface area contributed by atoms with E-state index < -0.39 is 0 Å². The summed E-state index contributed by atoms with van der Waals surface area (Å²) >= 11 is 0. The molecule has 2 aliphatic carbocycles. The Hall–Kier alpha value is -2.10. The highest BCUT2D eigenvalue weighted by atomic mass is 16.1. The van der Waals surface area contributed by atoms with E-state index in [9.17, 15) is 9.59 Å². The lowest BCUT2D eigenvalue weighted by molar-refractivity contribution is -0.114. The third-order valence-corrected chi connectivity index (χ3v) is 2.97. The van der Waals surface area contributed by atoms with Gasteiger partial charge in [0.1, 0.15) is 0 Å². The molecule has 0 saturated carbocycles. The number of ketones is 2. The van der Waals surface area contributed by atoms with Gasteiger partial charge in [-0.25, -0.2) is 0 Å². The number of carbonyl (C=O) groups is 2. The second kappa shape index (κ2) is 5.49. The summed E-state index contributed by atoms with van der Waals surface area (Å²) in [5, 5.41) is 6.46. The first-order chi connectivity index (χ1) is 9.40. The molecule has 0 unspecified atom stereocenters. The predicted octanol–water partition coefficient (Wildman–Crippen LogP) is 1.77. The number of allylic oxidation sites excluding steroid dienone is 6. The zero-order chi connectivity index (χ0) is 14.9. The smallest absolute Gasteiger partial charge is 0.188 e. The first kappa shape index (κ1) is 14.3. The summed E-state index contributed by atoms with van der Waals surface area (Å²) in [6.45, 7) is 7.99. The molecule has 0 radical (unpaired) electrons. The zero-order valence-corrected chi connectivity index (χ0v) is 12.3. The van der Waals surface area contributed by atoms with Crippen LogP contribution in [0.4, 0.5) is 0 Å². The van der Waals surface area contributed by atoms with Gasteiger partial charge in [0, 0.05) is 23.5 Å². The van der Waals surface area contributed by atoms with Gasteiger partial charge in [-0.05, 0) is 52.0 Å². The van der Waals surface area contributed by atoms with Gasteiger partial charge in [-0.3, -0.25) is 9.59 Å². The topological polar surface area (TPSA) is 58.2 Å². The summed E-state index contributed by atoms with van der Waals surface area (Å²) in [4.78, 5) is 24.3. The minimum absolute atomic E-state index is 0.129. The molecule has 0 heterocycles. The van der Waals surface area contributed by atoms with Crippen molar-refractivity contribution in [2.75, 3.05) is 0 Å². The molecular formula is C16H20N2O2. The highest BCUT2D eigenvalue weighted by Crippen LogP contribution is 2.28. The molecule has 20 heavy (non-hydrogen) atoms. The SMILES string of the molecule is CC(C)NC1=C2C(=O)C=CC(NC(C)C)=C2C(=O)C=C1. The van der Waals surface area contributed by atoms with Crippen LogP contribution in [0.25, 0.3) is 0 Å². The van der Waals surface area contributed by atoms with Crippen LogP contribution in [0.2, 0.25) is 0 Å². The Bertz CT molecular complexity index is 523. The van der Waals surface area contributed by atoms with Gasteiger partial charge in [-0.2, -0.15) is 0 Å². The molecule has 0 aromatic heterocycles. The molecule has 0 saturated heterocycles. The highest BCUT2D eigenvalue weighted by Gasteiger charge is 2.30. The van der Waals surface area contributed by atoms with Gasteiger partial charge >= 0.3 is 0 Å². The molecule has 2 N–H and O–H groups in total. The largest absolute Gasteiger partial charge is 0.382 e. The number of hydrogen-bond donors (Lipinski definition) is 2. The van der Waals surface area contributed by atoms with Gasteiger partial charge < -0.3 is 10.6 Å². The van der Waals surface area contributed by atoms with E-state index in [-0.39, 0.29) is 23.7 Å². The molecule has 0 aliphatic heterocycles. The van der Waals surface area contributed by atoms with E-state index in [4.69, 9.17) is 0 Å². The Kier molecular flexibility index (Phi) is 3.93. The van der Waals surface area contributed by atoms with Crippen molar-refractivity contribution in [2.45, 2.75) is 39.8 Å². The summed E-state index contributed by atoms with van der Waals surface area (Å²) in [6, 6.07) is 0.383. The van der Waals surface area contributed by atoms with Gasteiger partial charge in [0.15, 0.2) is 11.6 Å². The molecule has 2 aliphatic rings. The monoisotopic (exact) mass is 272 g/mol. The van der Waals surface area contributed by atoms with Gasteiger partial charge in [-0.1, -0.05) is 0 Å². The molecule has 0 aromatic carbocycles. The Morgan fingerprint density at radius 3 is 1.35 bits per heavy atom. The Labute approximate surface area is 119 Å². The minimum Gasteiger partial charge on any atom is -0.382 e. The maximum atomic E-state index is 12.2. The summed E-state index contributed by atoms with van der Waals surface area (Å²) in [5.41, 5.74) is 2.37. The first-order valence-electron chi connectivity index (χ1n) is 6.87. The van der Waals surface area contributed by atoms with Crippen molar-refractivity contribution in [3.63, 3.8) is 0 Å². The van der Waals surface area contributed by atoms with E-state index in [2.05, 4.69) is 10.6 Å². The molecule has 4 nitrogen and oxygen atoms in total. The van der Waals surface area contributed by atoms with Crippen LogP contribution in [0.1, 0.15) is 27.7 Å². The Morgan fingerprint density at radius 1 is 0.700 bits per heavy atom. The predicted molar refractivity (Wildman–Crippen MR) is 78.9 cm³/mol. The van der Waals surface area contributed by atoms with E-state index in [1.807, 2.05) is 27.7 Å². The molecular weight excluding hydrogens is 252 g/mol. The average Bonchev–Trinajstić information content (AvgIpc) is 2.34. The van der Waals surface area contributed by atoms with E-state index >= 15 is 0 Å². The normalized spacial score (nSPS) is 18.3. The summed E-state index contributed by atoms with van der Waals surface area (Å²) in [7, 11) is 0. The lowest BCUT2D eigenvalue weighted by atomic mass is 9.86. The van der Waals surface area contributed by atoms with Crippen LogP contribution < -0.4 is 10.6 Å². The second-order valence-corrected chi connectivity index (χ2v) is 5.57. The van der Waals surface area contributed by atoms with Crippen LogP contribution >= 0.6 is 0 Å². The Morgan fingerprint density at radius 2 is 1.05 bits per heavy atom. The van der Waals surface area contributed by atoms with Gasteiger partial charge in [-0.15, -0.1) is 0 Å². The summed E-state index contributed by atoms with van der Waals surface area (Å²) in [5.74, 6) is -0.259. The second-order valence-electron chi connectivity index (χ2n) is 5.57. The Balaban J connectivity index is 2.55. The minimum atomic E-state index is -0.129. The van der Waals surface area contributed by atoms with Crippen molar-refractivity contribution in [3.8, 4) is 0 Å². The third-order valence-electron chi connectivity index (χ3n) is 2.97. The number of carbonyl (C=O) groups excluding carboxylic acids is 2. The van der Waals surface area contributed by atoms with E-state index in [0.717, 1.165) is 0 Å². The van der Waals surface area contributed by atoms with Crippen molar-refractivity contribution in [1.29, 1.82) is 0 Å². The molecule has 0 aromatic rings. The summed E-state index contributed by atoms with van der Waals surface area (Å²) in [6.07, 6.45) is 6.40. The number of fused-ring (bicyclic) bond motifs is 1. The molecule has 2 rings (SSSR count). The molecule has 106 valence electrons. The number of nitrogens with one attached hydrogen (secondary N) is 2. The van der Waals surface area contributed by atoms with Crippen molar-refractivity contribution >= 4 is 11.6 Å². The van der Waals surface area contributed by atoms with Gasteiger partial charge in [0.2, 0.25) is 0 Å². The number of rotatable bonds is 4. The maximum Gasteiger partial charge on any atom is 0.188 e. The summed E-state index contributed by atoms with van der Waals surface area (Å²) < 4.78 is 0. The van der Waals surface area contributed by atoms with E-state index in [0.29, 0.717) is 22.5 Å². The third kappa shape index (κ3) is 2.74. The zero-order valence-electron chi connectivity index (χ0n) is 12.3. The first-order valence-corrected chi connectivity index (χ1v) is 6.87. The lowest BCUT2D eigenvalue weighted by Gasteiger charge is -2.25. The van der Waals surface area contributed by atoms with Crippen molar-refractivity contribution in [1.82, 2.24) is 10.6 Å². The molecule has 0 fully saturated rings. The highest BCUT2D eigenvalue weighted by molar-refractivity contribution is 6.23. The van der Waals surface area contributed by atoms with Crippen molar-refractivity contribution in [3.05, 3.63) is 46.8 Å². The average molecular weight is 272 g/mol. The van der Waals surface area contributed by atoms with Crippen LogP contribution in [0.5, 0.6) is 0 Å². The fourth-order valence-electron chi connectivity index (χ4n) is 2.30. The molecule has 0 spiro atoms. The van der Waals surface area contributed by atoms with Crippen LogP contribution in [-0.4, -0.2) is 23.7 Å². The van der Waals surface area contributed by atoms with Crippen molar-refractivity contribution in [2.24, 2.45) is 0 Å². The molecule has 0 atom stereocenters. The van der Waals surface area contributed by atoms with Crippen LogP contribution in [-0.2, 0) is 9.59 Å². The van der Waals surface area contributed by atoms with Crippen LogP contribution in [0.3, 0.4) is 0 Å². The van der Waals surface area contributed by atoms with Gasteiger partial charge in [0.25, 0.3) is 0 Å². The lowest BCUT2D eigenvalue weighted by Crippen LogP contribution is -2.32. The molecule has 4 heteroatoms. The van der Waals surface area contributed by atoms with E-state index in [1.54, 1.807) is 12.2 Å². The van der Waals surface area contributed by atoms with Gasteiger partial charge in [0.05, 0.1) is 11.1 Å². The van der Waals surface area contributed by atoms with Crippen LogP contribution in [0.15, 0.2) is 46.8 Å². The standard InChI is InChI=1S/C16H20N2O2/c1-9(2)17-11-5-7-14(20)16-12(18-10(3)4)6-8-13(19)15(11)16/h5-10,17-18H,1-4H3. The quantitative estimate of drug-likeness (QED) is 0.819. The fraction of sp³-hybridized carbons (Fsp3) is 0.375. The maximum absolute atomic E-state index is 12.2. The fourth-order valence-corrected chi connectivity index (χ4v) is 2.30. The molecule has 0 amide bonds.